The first-order valence-electron chi connectivity index (χ1n) is 9.47. The van der Waals surface area contributed by atoms with Gasteiger partial charge >= 0.3 is 0 Å². The molecule has 0 spiro atoms. The summed E-state index contributed by atoms with van der Waals surface area (Å²) in [5, 5.41) is 10.5. The number of fused-ring (bicyclic) bond motifs is 1. The maximum Gasteiger partial charge on any atom is 0.274 e. The molecule has 2 aliphatic rings. The lowest BCUT2D eigenvalue weighted by Gasteiger charge is -2.27. The first-order valence-corrected chi connectivity index (χ1v) is 10.4. The minimum Gasteiger partial charge on any atom is -0.378 e. The van der Waals surface area contributed by atoms with Gasteiger partial charge in [-0.15, -0.1) is 11.3 Å². The third-order valence-electron chi connectivity index (χ3n) is 5.29. The fourth-order valence-corrected chi connectivity index (χ4v) is 4.53. The molecule has 3 heterocycles. The van der Waals surface area contributed by atoms with E-state index in [1.54, 1.807) is 11.3 Å². The van der Waals surface area contributed by atoms with Gasteiger partial charge in [-0.05, 0) is 37.6 Å². The molecule has 140 valence electrons. The summed E-state index contributed by atoms with van der Waals surface area (Å²) in [5.74, 6) is 0.0654. The third kappa shape index (κ3) is 3.56. The lowest BCUT2D eigenvalue weighted by atomic mass is 9.91. The first kappa shape index (κ1) is 17.7. The molecular formula is C19H26N4O2S. The molecule has 7 heteroatoms. The number of amides is 1. The van der Waals surface area contributed by atoms with E-state index in [-0.39, 0.29) is 5.91 Å². The number of nitrogens with one attached hydrogen (secondary N) is 1. The minimum absolute atomic E-state index is 0.0654. The number of hydrogen-bond donors (Lipinski definition) is 1. The van der Waals surface area contributed by atoms with Crippen molar-refractivity contribution in [1.29, 1.82) is 0 Å². The second-order valence-corrected chi connectivity index (χ2v) is 7.93. The normalized spacial score (nSPS) is 20.2. The molecule has 1 atom stereocenters. The predicted octanol–water partition coefficient (Wildman–Crippen LogP) is 2.08. The first-order chi connectivity index (χ1) is 12.8. The van der Waals surface area contributed by atoms with E-state index < -0.39 is 0 Å². The Morgan fingerprint density at radius 1 is 1.42 bits per heavy atom. The Kier molecular flexibility index (Phi) is 5.38. The van der Waals surface area contributed by atoms with Gasteiger partial charge in [-0.1, -0.05) is 6.07 Å². The van der Waals surface area contributed by atoms with Gasteiger partial charge in [-0.3, -0.25) is 9.48 Å². The number of carbonyl (C=O) groups excluding carboxylic acids is 1. The van der Waals surface area contributed by atoms with Crippen LogP contribution in [0.2, 0.25) is 0 Å². The monoisotopic (exact) mass is 374 g/mol. The topological polar surface area (TPSA) is 59.4 Å². The highest BCUT2D eigenvalue weighted by atomic mass is 32.1. The smallest absolute Gasteiger partial charge is 0.274 e. The van der Waals surface area contributed by atoms with Crippen LogP contribution >= 0.6 is 11.3 Å². The van der Waals surface area contributed by atoms with E-state index in [1.807, 2.05) is 9.58 Å². The highest BCUT2D eigenvalue weighted by molar-refractivity contribution is 7.09. The van der Waals surface area contributed by atoms with E-state index in [4.69, 9.17) is 4.74 Å². The molecule has 1 saturated heterocycles. The van der Waals surface area contributed by atoms with E-state index in [1.165, 1.54) is 10.6 Å². The van der Waals surface area contributed by atoms with Crippen molar-refractivity contribution in [3.63, 3.8) is 0 Å². The van der Waals surface area contributed by atoms with Crippen molar-refractivity contribution >= 4 is 17.2 Å². The molecule has 4 rings (SSSR count). The average Bonchev–Trinajstić information content (AvgIpc) is 3.34. The number of rotatable bonds is 5. The van der Waals surface area contributed by atoms with Gasteiger partial charge in [0.15, 0.2) is 5.69 Å². The molecule has 0 saturated carbocycles. The van der Waals surface area contributed by atoms with Gasteiger partial charge < -0.3 is 15.0 Å². The van der Waals surface area contributed by atoms with Gasteiger partial charge in [0, 0.05) is 48.4 Å². The molecule has 0 bridgehead atoms. The highest BCUT2D eigenvalue weighted by Gasteiger charge is 2.31. The summed E-state index contributed by atoms with van der Waals surface area (Å²) in [6.45, 7) is 6.36. The summed E-state index contributed by atoms with van der Waals surface area (Å²) < 4.78 is 7.41. The van der Waals surface area contributed by atoms with E-state index in [0.717, 1.165) is 37.9 Å². The summed E-state index contributed by atoms with van der Waals surface area (Å²) in [5.41, 5.74) is 3.06. The number of carbonyl (C=O) groups is 1. The summed E-state index contributed by atoms with van der Waals surface area (Å²) in [4.78, 5) is 16.3. The predicted molar refractivity (Wildman–Crippen MR) is 102 cm³/mol. The summed E-state index contributed by atoms with van der Waals surface area (Å²) >= 11 is 1.78. The summed E-state index contributed by atoms with van der Waals surface area (Å²) in [6.07, 6.45) is 2.95. The van der Waals surface area contributed by atoms with E-state index >= 15 is 0 Å². The highest BCUT2D eigenvalue weighted by Crippen LogP contribution is 2.26. The molecule has 1 fully saturated rings. The fraction of sp³-hybridized carbons (Fsp3) is 0.579. The molecule has 6 nitrogen and oxygen atoms in total. The molecule has 1 amide bonds. The van der Waals surface area contributed by atoms with Gasteiger partial charge in [0.1, 0.15) is 0 Å². The maximum atomic E-state index is 13.0. The van der Waals surface area contributed by atoms with Gasteiger partial charge in [0.2, 0.25) is 0 Å². The van der Waals surface area contributed by atoms with Gasteiger partial charge in [0.25, 0.3) is 5.91 Å². The van der Waals surface area contributed by atoms with Crippen molar-refractivity contribution in [2.24, 2.45) is 0 Å². The fourth-order valence-electron chi connectivity index (χ4n) is 3.87. The van der Waals surface area contributed by atoms with Gasteiger partial charge in [-0.2, -0.15) is 5.10 Å². The molecule has 2 aromatic rings. The zero-order valence-corrected chi connectivity index (χ0v) is 16.1. The average molecular weight is 375 g/mol. The van der Waals surface area contributed by atoms with E-state index in [2.05, 4.69) is 34.9 Å². The van der Waals surface area contributed by atoms with Crippen molar-refractivity contribution in [3.05, 3.63) is 39.3 Å². The molecule has 26 heavy (non-hydrogen) atoms. The quantitative estimate of drug-likeness (QED) is 0.871. The molecule has 1 unspecified atom stereocenters. The van der Waals surface area contributed by atoms with E-state index in [9.17, 15) is 4.79 Å². The molecule has 1 aliphatic carbocycles. The zero-order chi connectivity index (χ0) is 17.9. The number of thiophene rings is 1. The van der Waals surface area contributed by atoms with Crippen molar-refractivity contribution in [2.75, 3.05) is 26.3 Å². The molecule has 0 radical (unpaired) electrons. The summed E-state index contributed by atoms with van der Waals surface area (Å²) in [6, 6.07) is 4.65. The minimum atomic E-state index is 0.0654. The van der Waals surface area contributed by atoms with Crippen LogP contribution in [-0.2, 0) is 30.7 Å². The Hall–Kier alpha value is -1.70. The van der Waals surface area contributed by atoms with Crippen LogP contribution in [0.5, 0.6) is 0 Å². The van der Waals surface area contributed by atoms with Crippen molar-refractivity contribution in [1.82, 2.24) is 20.0 Å². The van der Waals surface area contributed by atoms with Crippen LogP contribution in [0.1, 0.15) is 40.0 Å². The number of aryl methyl sites for hydroxylation is 1. The maximum absolute atomic E-state index is 13.0. The van der Waals surface area contributed by atoms with E-state index in [0.29, 0.717) is 38.0 Å². The Balaban J connectivity index is 1.51. The third-order valence-corrected chi connectivity index (χ3v) is 6.17. The van der Waals surface area contributed by atoms with Crippen molar-refractivity contribution in [2.45, 2.75) is 45.3 Å². The lowest BCUT2D eigenvalue weighted by molar-refractivity contribution is 0.0297. The number of hydrogen-bond acceptors (Lipinski definition) is 5. The van der Waals surface area contributed by atoms with Crippen molar-refractivity contribution < 1.29 is 9.53 Å². The molecule has 2 aromatic heterocycles. The zero-order valence-electron chi connectivity index (χ0n) is 15.2. The van der Waals surface area contributed by atoms with Crippen LogP contribution in [0.3, 0.4) is 0 Å². The SMILES string of the molecule is CCn1nc(C(=O)N2CCOCC2)c2c1CCC(NCc1cccs1)C2. The van der Waals surface area contributed by atoms with Crippen LogP contribution in [0.15, 0.2) is 17.5 Å². The van der Waals surface area contributed by atoms with Crippen LogP contribution in [-0.4, -0.2) is 52.9 Å². The Labute approximate surface area is 158 Å². The Morgan fingerprint density at radius 2 is 2.27 bits per heavy atom. The second-order valence-electron chi connectivity index (χ2n) is 6.89. The Bertz CT molecular complexity index is 750. The number of ether oxygens (including phenoxy) is 1. The van der Waals surface area contributed by atoms with Crippen molar-refractivity contribution in [3.8, 4) is 0 Å². The molecular weight excluding hydrogens is 348 g/mol. The number of nitrogens with zero attached hydrogens (tertiary/aromatic N) is 3. The number of aromatic nitrogens is 2. The summed E-state index contributed by atoms with van der Waals surface area (Å²) in [7, 11) is 0. The Morgan fingerprint density at radius 3 is 3.00 bits per heavy atom. The second kappa shape index (κ2) is 7.90. The van der Waals surface area contributed by atoms with Crippen LogP contribution in [0, 0.1) is 0 Å². The largest absolute Gasteiger partial charge is 0.378 e. The van der Waals surface area contributed by atoms with Crippen LogP contribution < -0.4 is 5.32 Å². The number of morpholine rings is 1. The van der Waals surface area contributed by atoms with Crippen LogP contribution in [0.4, 0.5) is 0 Å². The molecule has 0 aromatic carbocycles. The van der Waals surface area contributed by atoms with Gasteiger partial charge in [-0.25, -0.2) is 0 Å². The molecule has 1 aliphatic heterocycles. The van der Waals surface area contributed by atoms with Gasteiger partial charge in [0.05, 0.1) is 13.2 Å². The van der Waals surface area contributed by atoms with Crippen LogP contribution in [0.25, 0.3) is 0 Å². The standard InChI is InChI=1S/C19H26N4O2S/c1-2-23-17-6-5-14(20-13-15-4-3-11-26-15)12-16(17)18(21-23)19(24)22-7-9-25-10-8-22/h3-4,11,14,20H,2,5-10,12-13H2,1H3. The lowest BCUT2D eigenvalue weighted by Crippen LogP contribution is -2.41. The molecule has 1 N–H and O–H groups in total.